The lowest BCUT2D eigenvalue weighted by atomic mass is 9.81. The summed E-state index contributed by atoms with van der Waals surface area (Å²) >= 11 is 0. The van der Waals surface area contributed by atoms with Gasteiger partial charge in [-0.25, -0.2) is 0 Å². The molecule has 0 aromatic heterocycles. The van der Waals surface area contributed by atoms with Gasteiger partial charge in [-0.3, -0.25) is 9.59 Å². The molecule has 2 N–H and O–H groups in total. The Morgan fingerprint density at radius 2 is 1.17 bits per heavy atom. The van der Waals surface area contributed by atoms with Crippen molar-refractivity contribution < 1.29 is 19.1 Å². The maximum atomic E-state index is 12.6. The van der Waals surface area contributed by atoms with E-state index in [1.165, 1.54) is 0 Å². The van der Waals surface area contributed by atoms with Gasteiger partial charge in [0.2, 0.25) is 11.8 Å². The first kappa shape index (κ1) is 21.7. The minimum absolute atomic E-state index is 0.00641. The largest absolute Gasteiger partial charge is 0.494 e. The molecule has 160 valence electrons. The van der Waals surface area contributed by atoms with Crippen molar-refractivity contribution >= 4 is 23.2 Å². The third-order valence-electron chi connectivity index (χ3n) is 5.29. The first-order valence-corrected chi connectivity index (χ1v) is 10.7. The number of carbonyl (C=O) groups excluding carboxylic acids is 2. The Morgan fingerprint density at radius 1 is 0.767 bits per heavy atom. The fourth-order valence-corrected chi connectivity index (χ4v) is 3.77. The molecule has 2 amide bonds. The Kier molecular flexibility index (Phi) is 7.71. The van der Waals surface area contributed by atoms with Crippen LogP contribution in [0, 0.1) is 11.8 Å². The highest BCUT2D eigenvalue weighted by Crippen LogP contribution is 2.31. The van der Waals surface area contributed by atoms with Crippen LogP contribution in [0.2, 0.25) is 0 Å². The number of amides is 2. The van der Waals surface area contributed by atoms with E-state index >= 15 is 0 Å². The van der Waals surface area contributed by atoms with Crippen LogP contribution in [0.25, 0.3) is 0 Å². The van der Waals surface area contributed by atoms with E-state index in [1.807, 2.05) is 62.4 Å². The lowest BCUT2D eigenvalue weighted by Gasteiger charge is -2.27. The summed E-state index contributed by atoms with van der Waals surface area (Å²) in [7, 11) is 0. The molecular weight excluding hydrogens is 380 g/mol. The van der Waals surface area contributed by atoms with Crippen LogP contribution in [0.15, 0.2) is 48.5 Å². The molecule has 3 rings (SSSR count). The second kappa shape index (κ2) is 10.7. The molecule has 1 aliphatic rings. The average Bonchev–Trinajstić information content (AvgIpc) is 2.75. The van der Waals surface area contributed by atoms with Gasteiger partial charge in [-0.15, -0.1) is 0 Å². The SMILES string of the molecule is CCOc1cccc(NC(=O)C2CCC(C(=O)Nc3cccc(OCC)c3)CC2)c1. The Morgan fingerprint density at radius 3 is 1.53 bits per heavy atom. The summed E-state index contributed by atoms with van der Waals surface area (Å²) in [5.74, 6) is 1.34. The minimum Gasteiger partial charge on any atom is -0.494 e. The van der Waals surface area contributed by atoms with Gasteiger partial charge in [-0.1, -0.05) is 12.1 Å². The van der Waals surface area contributed by atoms with Gasteiger partial charge in [0.1, 0.15) is 11.5 Å². The zero-order valence-electron chi connectivity index (χ0n) is 17.6. The molecule has 6 heteroatoms. The van der Waals surface area contributed by atoms with E-state index in [4.69, 9.17) is 9.47 Å². The second-order valence-electron chi connectivity index (χ2n) is 7.45. The molecule has 0 bridgehead atoms. The Balaban J connectivity index is 1.49. The van der Waals surface area contributed by atoms with Crippen LogP contribution in [0.5, 0.6) is 11.5 Å². The first-order chi connectivity index (χ1) is 14.6. The molecule has 1 aliphatic carbocycles. The van der Waals surface area contributed by atoms with Crippen molar-refractivity contribution in [2.45, 2.75) is 39.5 Å². The van der Waals surface area contributed by atoms with Gasteiger partial charge >= 0.3 is 0 Å². The zero-order valence-corrected chi connectivity index (χ0v) is 17.6. The summed E-state index contributed by atoms with van der Waals surface area (Å²) in [6, 6.07) is 14.8. The summed E-state index contributed by atoms with van der Waals surface area (Å²) < 4.78 is 11.0. The summed E-state index contributed by atoms with van der Waals surface area (Å²) in [5, 5.41) is 5.96. The predicted octanol–water partition coefficient (Wildman–Crippen LogP) is 4.87. The van der Waals surface area contributed by atoms with E-state index in [9.17, 15) is 9.59 Å². The summed E-state index contributed by atoms with van der Waals surface area (Å²) in [5.41, 5.74) is 1.47. The number of carbonyl (C=O) groups is 2. The lowest BCUT2D eigenvalue weighted by Crippen LogP contribution is -2.32. The molecule has 0 atom stereocenters. The molecule has 0 unspecified atom stereocenters. The highest BCUT2D eigenvalue weighted by molar-refractivity contribution is 5.94. The molecule has 1 saturated carbocycles. The standard InChI is InChI=1S/C24H30N2O4/c1-3-29-21-9-5-7-19(15-21)25-23(27)17-11-13-18(14-12-17)24(28)26-20-8-6-10-22(16-20)30-4-2/h5-10,15-18H,3-4,11-14H2,1-2H3,(H,25,27)(H,26,28). The minimum atomic E-state index is -0.0777. The molecule has 0 heterocycles. The average molecular weight is 411 g/mol. The van der Waals surface area contributed by atoms with Crippen LogP contribution >= 0.6 is 0 Å². The molecule has 0 spiro atoms. The fraction of sp³-hybridized carbons (Fsp3) is 0.417. The first-order valence-electron chi connectivity index (χ1n) is 10.7. The normalized spacial score (nSPS) is 18.3. The Hall–Kier alpha value is -3.02. The van der Waals surface area contributed by atoms with Crippen molar-refractivity contribution in [2.24, 2.45) is 11.8 Å². The number of rotatable bonds is 8. The van der Waals surface area contributed by atoms with Crippen LogP contribution in [0.1, 0.15) is 39.5 Å². The molecule has 2 aromatic carbocycles. The molecule has 0 radical (unpaired) electrons. The van der Waals surface area contributed by atoms with Crippen LogP contribution in [0.3, 0.4) is 0 Å². The quantitative estimate of drug-likeness (QED) is 0.651. The third-order valence-corrected chi connectivity index (χ3v) is 5.29. The van der Waals surface area contributed by atoms with Crippen LogP contribution in [0.4, 0.5) is 11.4 Å². The van der Waals surface area contributed by atoms with E-state index < -0.39 is 0 Å². The van der Waals surface area contributed by atoms with Crippen molar-refractivity contribution in [3.05, 3.63) is 48.5 Å². The smallest absolute Gasteiger partial charge is 0.227 e. The number of benzene rings is 2. The zero-order chi connectivity index (χ0) is 21.3. The van der Waals surface area contributed by atoms with Gasteiger partial charge < -0.3 is 20.1 Å². The van der Waals surface area contributed by atoms with Crippen LogP contribution in [-0.4, -0.2) is 25.0 Å². The molecule has 2 aromatic rings. The summed E-state index contributed by atoms with van der Waals surface area (Å²) in [6.07, 6.45) is 2.81. The Labute approximate surface area is 178 Å². The number of hydrogen-bond donors (Lipinski definition) is 2. The maximum Gasteiger partial charge on any atom is 0.227 e. The van der Waals surface area contributed by atoms with Crippen LogP contribution < -0.4 is 20.1 Å². The molecule has 0 saturated heterocycles. The Bertz CT molecular complexity index is 788. The van der Waals surface area contributed by atoms with Crippen molar-refractivity contribution in [3.8, 4) is 11.5 Å². The second-order valence-corrected chi connectivity index (χ2v) is 7.45. The van der Waals surface area contributed by atoms with E-state index in [0.717, 1.165) is 22.9 Å². The van der Waals surface area contributed by atoms with Gasteiger partial charge in [-0.05, 0) is 63.8 Å². The van der Waals surface area contributed by atoms with Gasteiger partial charge in [0, 0.05) is 35.3 Å². The number of anilines is 2. The van der Waals surface area contributed by atoms with Gasteiger partial charge in [-0.2, -0.15) is 0 Å². The monoisotopic (exact) mass is 410 g/mol. The maximum absolute atomic E-state index is 12.6. The topological polar surface area (TPSA) is 76.7 Å². The molecule has 0 aliphatic heterocycles. The number of ether oxygens (including phenoxy) is 2. The van der Waals surface area contributed by atoms with E-state index in [1.54, 1.807) is 0 Å². The summed E-state index contributed by atoms with van der Waals surface area (Å²) in [4.78, 5) is 25.3. The van der Waals surface area contributed by atoms with Gasteiger partial charge in [0.15, 0.2) is 0 Å². The molecule has 1 fully saturated rings. The number of nitrogens with one attached hydrogen (secondary N) is 2. The van der Waals surface area contributed by atoms with Gasteiger partial charge in [0.25, 0.3) is 0 Å². The van der Waals surface area contributed by atoms with Crippen molar-refractivity contribution in [3.63, 3.8) is 0 Å². The highest BCUT2D eigenvalue weighted by Gasteiger charge is 2.30. The predicted molar refractivity (Wildman–Crippen MR) is 118 cm³/mol. The van der Waals surface area contributed by atoms with Gasteiger partial charge in [0.05, 0.1) is 13.2 Å². The van der Waals surface area contributed by atoms with E-state index in [2.05, 4.69) is 10.6 Å². The lowest BCUT2D eigenvalue weighted by molar-refractivity contribution is -0.125. The highest BCUT2D eigenvalue weighted by atomic mass is 16.5. The van der Waals surface area contributed by atoms with Crippen molar-refractivity contribution in [2.75, 3.05) is 23.8 Å². The van der Waals surface area contributed by atoms with E-state index in [-0.39, 0.29) is 23.7 Å². The summed E-state index contributed by atoms with van der Waals surface area (Å²) in [6.45, 7) is 5.02. The van der Waals surface area contributed by atoms with Crippen molar-refractivity contribution in [1.29, 1.82) is 0 Å². The number of hydrogen-bond acceptors (Lipinski definition) is 4. The fourth-order valence-electron chi connectivity index (χ4n) is 3.77. The molecule has 6 nitrogen and oxygen atoms in total. The van der Waals surface area contributed by atoms with Crippen LogP contribution in [-0.2, 0) is 9.59 Å². The van der Waals surface area contributed by atoms with Crippen molar-refractivity contribution in [1.82, 2.24) is 0 Å². The van der Waals surface area contributed by atoms with E-state index in [0.29, 0.717) is 38.9 Å². The third kappa shape index (κ3) is 5.99. The molecule has 30 heavy (non-hydrogen) atoms. The molecular formula is C24H30N2O4.